The van der Waals surface area contributed by atoms with Gasteiger partial charge in [0.25, 0.3) is 0 Å². The molecule has 1 aromatic carbocycles. The number of hydrogen-bond acceptors (Lipinski definition) is 3. The van der Waals surface area contributed by atoms with Gasteiger partial charge >= 0.3 is 0 Å². The molecule has 1 N–H and O–H groups in total. The summed E-state index contributed by atoms with van der Waals surface area (Å²) in [4.78, 5) is 9.72. The lowest BCUT2D eigenvalue weighted by molar-refractivity contribution is 0.717. The van der Waals surface area contributed by atoms with Crippen molar-refractivity contribution in [3.05, 3.63) is 58.7 Å². The Hall–Kier alpha value is -1.74. The van der Waals surface area contributed by atoms with Crippen LogP contribution in [0.25, 0.3) is 0 Å². The van der Waals surface area contributed by atoms with Crippen LogP contribution in [0.2, 0.25) is 0 Å². The molecular formula is C18H23N3. The smallest absolute Gasteiger partial charge is 0.139 e. The van der Waals surface area contributed by atoms with Gasteiger partial charge in [-0.3, -0.25) is 0 Å². The molecule has 3 nitrogen and oxygen atoms in total. The van der Waals surface area contributed by atoms with Crippen molar-refractivity contribution in [1.29, 1.82) is 0 Å². The second kappa shape index (κ2) is 5.57. The Bertz CT molecular complexity index is 607. The molecule has 0 atom stereocenters. The number of nitrogens with zero attached hydrogens (tertiary/aromatic N) is 2. The van der Waals surface area contributed by atoms with Gasteiger partial charge in [0, 0.05) is 11.4 Å². The standard InChI is InChI=1S/C18H23N3/c1-13-16(9-12-19-3)14(2)21-17(20-13)18(10-11-18)15-7-5-4-6-8-15/h4-8,19H,9-12H2,1-3H3. The van der Waals surface area contributed by atoms with Crippen LogP contribution in [0.15, 0.2) is 30.3 Å². The molecule has 0 aliphatic heterocycles. The highest BCUT2D eigenvalue weighted by Gasteiger charge is 2.48. The van der Waals surface area contributed by atoms with E-state index in [9.17, 15) is 0 Å². The Morgan fingerprint density at radius 1 is 1.05 bits per heavy atom. The molecule has 21 heavy (non-hydrogen) atoms. The van der Waals surface area contributed by atoms with E-state index >= 15 is 0 Å². The van der Waals surface area contributed by atoms with Crippen molar-refractivity contribution in [3.8, 4) is 0 Å². The average molecular weight is 281 g/mol. The third-order valence-electron chi connectivity index (χ3n) is 4.55. The molecule has 0 bridgehead atoms. The molecular weight excluding hydrogens is 258 g/mol. The number of hydrogen-bond donors (Lipinski definition) is 1. The molecule has 0 unspecified atom stereocenters. The fourth-order valence-electron chi connectivity index (χ4n) is 3.09. The normalized spacial score (nSPS) is 16.0. The molecule has 3 heteroatoms. The number of aryl methyl sites for hydroxylation is 2. The second-order valence-corrected chi connectivity index (χ2v) is 6.00. The zero-order valence-corrected chi connectivity index (χ0v) is 13.1. The highest BCUT2D eigenvalue weighted by atomic mass is 14.9. The first-order valence-corrected chi connectivity index (χ1v) is 7.72. The van der Waals surface area contributed by atoms with E-state index in [0.29, 0.717) is 0 Å². The zero-order chi connectivity index (χ0) is 14.9. The Morgan fingerprint density at radius 2 is 1.67 bits per heavy atom. The van der Waals surface area contributed by atoms with Crippen molar-refractivity contribution in [2.75, 3.05) is 13.6 Å². The Labute approximate surface area is 126 Å². The van der Waals surface area contributed by atoms with Crippen LogP contribution in [0.4, 0.5) is 0 Å². The maximum atomic E-state index is 4.86. The third kappa shape index (κ3) is 2.58. The summed E-state index contributed by atoms with van der Waals surface area (Å²) >= 11 is 0. The van der Waals surface area contributed by atoms with Crippen LogP contribution in [0.5, 0.6) is 0 Å². The van der Waals surface area contributed by atoms with Gasteiger partial charge in [-0.2, -0.15) is 0 Å². The van der Waals surface area contributed by atoms with E-state index in [1.165, 1.54) is 11.1 Å². The molecule has 0 spiro atoms. The minimum atomic E-state index is 0.0678. The molecule has 1 aliphatic carbocycles. The summed E-state index contributed by atoms with van der Waals surface area (Å²) in [7, 11) is 1.98. The third-order valence-corrected chi connectivity index (χ3v) is 4.55. The molecule has 1 heterocycles. The van der Waals surface area contributed by atoms with Crippen molar-refractivity contribution in [2.45, 2.75) is 38.5 Å². The van der Waals surface area contributed by atoms with Crippen LogP contribution in [0.3, 0.4) is 0 Å². The van der Waals surface area contributed by atoms with Gasteiger partial charge in [-0.1, -0.05) is 30.3 Å². The first-order valence-electron chi connectivity index (χ1n) is 7.72. The summed E-state index contributed by atoms with van der Waals surface area (Å²) in [5.74, 6) is 1.01. The van der Waals surface area contributed by atoms with Gasteiger partial charge in [0.15, 0.2) is 0 Å². The molecule has 3 rings (SSSR count). The topological polar surface area (TPSA) is 37.8 Å². The van der Waals surface area contributed by atoms with Crippen molar-refractivity contribution in [2.24, 2.45) is 0 Å². The van der Waals surface area contributed by atoms with Crippen LogP contribution in [0.1, 0.15) is 41.2 Å². The molecule has 0 radical (unpaired) electrons. The van der Waals surface area contributed by atoms with Gasteiger partial charge in [0.1, 0.15) is 5.82 Å². The zero-order valence-electron chi connectivity index (χ0n) is 13.1. The monoisotopic (exact) mass is 281 g/mol. The highest BCUT2D eigenvalue weighted by Crippen LogP contribution is 2.52. The van der Waals surface area contributed by atoms with E-state index in [2.05, 4.69) is 49.5 Å². The van der Waals surface area contributed by atoms with E-state index in [-0.39, 0.29) is 5.41 Å². The number of aromatic nitrogens is 2. The van der Waals surface area contributed by atoms with E-state index in [1.54, 1.807) is 0 Å². The minimum absolute atomic E-state index is 0.0678. The predicted octanol–water partition coefficient (Wildman–Crippen LogP) is 2.94. The SMILES string of the molecule is CNCCc1c(C)nc(C2(c3ccccc3)CC2)nc1C. The second-order valence-electron chi connectivity index (χ2n) is 6.00. The molecule has 0 saturated heterocycles. The van der Waals surface area contributed by atoms with E-state index in [1.807, 2.05) is 7.05 Å². The van der Waals surface area contributed by atoms with E-state index < -0.39 is 0 Å². The summed E-state index contributed by atoms with van der Waals surface area (Å²) in [5.41, 5.74) is 4.98. The summed E-state index contributed by atoms with van der Waals surface area (Å²) in [6, 6.07) is 10.7. The first kappa shape index (κ1) is 14.2. The van der Waals surface area contributed by atoms with Crippen molar-refractivity contribution >= 4 is 0 Å². The quantitative estimate of drug-likeness (QED) is 0.915. The van der Waals surface area contributed by atoms with Gasteiger partial charge < -0.3 is 5.32 Å². The maximum Gasteiger partial charge on any atom is 0.139 e. The van der Waals surface area contributed by atoms with Gasteiger partial charge in [-0.15, -0.1) is 0 Å². The van der Waals surface area contributed by atoms with Crippen LogP contribution in [-0.2, 0) is 11.8 Å². The number of rotatable bonds is 5. The molecule has 1 aliphatic rings. The van der Waals surface area contributed by atoms with Gasteiger partial charge in [0.05, 0.1) is 5.41 Å². The van der Waals surface area contributed by atoms with Gasteiger partial charge in [-0.25, -0.2) is 9.97 Å². The summed E-state index contributed by atoms with van der Waals surface area (Å²) in [5, 5.41) is 3.20. The Morgan fingerprint density at radius 3 is 2.19 bits per heavy atom. The minimum Gasteiger partial charge on any atom is -0.319 e. The molecule has 110 valence electrons. The molecule has 1 saturated carbocycles. The molecule has 2 aromatic rings. The lowest BCUT2D eigenvalue weighted by Gasteiger charge is -2.18. The maximum absolute atomic E-state index is 4.86. The van der Waals surface area contributed by atoms with Crippen molar-refractivity contribution in [3.63, 3.8) is 0 Å². The van der Waals surface area contributed by atoms with Crippen molar-refractivity contribution < 1.29 is 0 Å². The van der Waals surface area contributed by atoms with Crippen LogP contribution in [0, 0.1) is 13.8 Å². The van der Waals surface area contributed by atoms with Crippen LogP contribution in [-0.4, -0.2) is 23.6 Å². The largest absolute Gasteiger partial charge is 0.319 e. The Kier molecular flexibility index (Phi) is 3.77. The predicted molar refractivity (Wildman–Crippen MR) is 85.6 cm³/mol. The summed E-state index contributed by atoms with van der Waals surface area (Å²) in [6.07, 6.45) is 3.31. The highest BCUT2D eigenvalue weighted by molar-refractivity contribution is 5.40. The Balaban J connectivity index is 1.97. The summed E-state index contributed by atoms with van der Waals surface area (Å²) in [6.45, 7) is 5.20. The first-order chi connectivity index (χ1) is 10.2. The van der Waals surface area contributed by atoms with Crippen molar-refractivity contribution in [1.82, 2.24) is 15.3 Å². The number of nitrogens with one attached hydrogen (secondary N) is 1. The van der Waals surface area contributed by atoms with Crippen LogP contribution >= 0.6 is 0 Å². The molecule has 0 amide bonds. The molecule has 1 fully saturated rings. The van der Waals surface area contributed by atoms with Crippen LogP contribution < -0.4 is 5.32 Å². The number of likely N-dealkylation sites (N-methyl/N-ethyl adjacent to an activating group) is 1. The summed E-state index contributed by atoms with van der Waals surface area (Å²) < 4.78 is 0. The van der Waals surface area contributed by atoms with Gasteiger partial charge in [0.2, 0.25) is 0 Å². The van der Waals surface area contributed by atoms with Gasteiger partial charge in [-0.05, 0) is 57.8 Å². The lowest BCUT2D eigenvalue weighted by atomic mass is 9.94. The molecule has 1 aromatic heterocycles. The average Bonchev–Trinajstić information content (AvgIpc) is 3.29. The van der Waals surface area contributed by atoms with E-state index in [0.717, 1.165) is 43.0 Å². The lowest BCUT2D eigenvalue weighted by Crippen LogP contribution is -2.18. The fourth-order valence-corrected chi connectivity index (χ4v) is 3.09. The fraction of sp³-hybridized carbons (Fsp3) is 0.444. The number of benzene rings is 1. The van der Waals surface area contributed by atoms with E-state index in [4.69, 9.17) is 9.97 Å².